The highest BCUT2D eigenvalue weighted by atomic mass is 16.2. The molecule has 30 heavy (non-hydrogen) atoms. The van der Waals surface area contributed by atoms with E-state index in [1.54, 1.807) is 0 Å². The molecular formula is C25H31N3O2. The number of hydrogen-bond acceptors (Lipinski definition) is 3. The Morgan fingerprint density at radius 1 is 0.967 bits per heavy atom. The number of benzene rings is 2. The molecule has 0 spiro atoms. The van der Waals surface area contributed by atoms with Crippen LogP contribution in [0.3, 0.4) is 0 Å². The van der Waals surface area contributed by atoms with Crippen molar-refractivity contribution in [3.05, 3.63) is 71.3 Å². The van der Waals surface area contributed by atoms with Crippen molar-refractivity contribution in [2.75, 3.05) is 26.2 Å². The molecule has 2 aliphatic heterocycles. The van der Waals surface area contributed by atoms with Gasteiger partial charge in [0.15, 0.2) is 0 Å². The Labute approximate surface area is 179 Å². The summed E-state index contributed by atoms with van der Waals surface area (Å²) in [6, 6.07) is 18.3. The van der Waals surface area contributed by atoms with E-state index in [9.17, 15) is 9.59 Å². The second kappa shape index (κ2) is 9.43. The standard InChI is InChI=1S/C25H31N3O2/c1-19-9-11-21(12-10-19)25(30)28-14-5-8-22(17-28)24(29)26-23-13-15-27(18-23)16-20-6-3-2-4-7-20/h2-4,6-7,9-12,22-23H,5,8,13-18H2,1H3,(H,26,29). The molecule has 158 valence electrons. The molecular weight excluding hydrogens is 374 g/mol. The molecule has 0 radical (unpaired) electrons. The maximum Gasteiger partial charge on any atom is 0.253 e. The predicted octanol–water partition coefficient (Wildman–Crippen LogP) is 3.24. The molecule has 0 aromatic heterocycles. The first-order valence-corrected chi connectivity index (χ1v) is 11.0. The minimum atomic E-state index is -0.115. The van der Waals surface area contributed by atoms with E-state index in [2.05, 4.69) is 34.5 Å². The van der Waals surface area contributed by atoms with E-state index in [4.69, 9.17) is 0 Å². The van der Waals surface area contributed by atoms with E-state index in [1.807, 2.05) is 42.2 Å². The summed E-state index contributed by atoms with van der Waals surface area (Å²) in [5, 5.41) is 3.25. The Morgan fingerprint density at radius 3 is 2.50 bits per heavy atom. The van der Waals surface area contributed by atoms with Gasteiger partial charge in [0.05, 0.1) is 5.92 Å². The molecule has 1 N–H and O–H groups in total. The summed E-state index contributed by atoms with van der Waals surface area (Å²) in [4.78, 5) is 30.0. The second-order valence-electron chi connectivity index (χ2n) is 8.67. The van der Waals surface area contributed by atoms with Crippen molar-refractivity contribution in [2.24, 2.45) is 5.92 Å². The molecule has 2 unspecified atom stereocenters. The van der Waals surface area contributed by atoms with Gasteiger partial charge in [-0.15, -0.1) is 0 Å². The summed E-state index contributed by atoms with van der Waals surface area (Å²) >= 11 is 0. The van der Waals surface area contributed by atoms with Gasteiger partial charge >= 0.3 is 0 Å². The number of hydrogen-bond donors (Lipinski definition) is 1. The Bertz CT molecular complexity index is 866. The lowest BCUT2D eigenvalue weighted by atomic mass is 9.96. The number of piperidine rings is 1. The molecule has 2 amide bonds. The van der Waals surface area contributed by atoms with Crippen molar-refractivity contribution in [2.45, 2.75) is 38.8 Å². The molecule has 0 aliphatic carbocycles. The van der Waals surface area contributed by atoms with Crippen molar-refractivity contribution in [1.82, 2.24) is 15.1 Å². The molecule has 4 rings (SSSR count). The largest absolute Gasteiger partial charge is 0.352 e. The van der Waals surface area contributed by atoms with Crippen molar-refractivity contribution >= 4 is 11.8 Å². The summed E-state index contributed by atoms with van der Waals surface area (Å²) in [7, 11) is 0. The van der Waals surface area contributed by atoms with E-state index in [-0.39, 0.29) is 23.8 Å². The van der Waals surface area contributed by atoms with Crippen LogP contribution in [0.4, 0.5) is 0 Å². The smallest absolute Gasteiger partial charge is 0.253 e. The average molecular weight is 406 g/mol. The predicted molar refractivity (Wildman–Crippen MR) is 118 cm³/mol. The van der Waals surface area contributed by atoms with E-state index in [1.165, 1.54) is 5.56 Å². The number of aryl methyl sites for hydroxylation is 1. The molecule has 2 aromatic carbocycles. The summed E-state index contributed by atoms with van der Waals surface area (Å²) in [5.74, 6) is 0.0155. The zero-order valence-electron chi connectivity index (χ0n) is 17.7. The molecule has 0 bridgehead atoms. The highest BCUT2D eigenvalue weighted by molar-refractivity contribution is 5.94. The normalized spacial score (nSPS) is 22.1. The quantitative estimate of drug-likeness (QED) is 0.831. The molecule has 2 aliphatic rings. The van der Waals surface area contributed by atoms with Gasteiger partial charge in [0.25, 0.3) is 5.91 Å². The van der Waals surface area contributed by atoms with Crippen molar-refractivity contribution in [3.8, 4) is 0 Å². The van der Waals surface area contributed by atoms with Gasteiger partial charge in [-0.2, -0.15) is 0 Å². The van der Waals surface area contributed by atoms with Crippen LogP contribution in [0.2, 0.25) is 0 Å². The Hall–Kier alpha value is -2.66. The minimum Gasteiger partial charge on any atom is -0.352 e. The van der Waals surface area contributed by atoms with Gasteiger partial charge in [-0.3, -0.25) is 14.5 Å². The Morgan fingerprint density at radius 2 is 1.73 bits per heavy atom. The molecule has 2 aromatic rings. The van der Waals surface area contributed by atoms with E-state index in [0.29, 0.717) is 12.1 Å². The van der Waals surface area contributed by atoms with Crippen molar-refractivity contribution in [1.29, 1.82) is 0 Å². The summed E-state index contributed by atoms with van der Waals surface area (Å²) < 4.78 is 0. The van der Waals surface area contributed by atoms with Gasteiger partial charge in [-0.1, -0.05) is 48.0 Å². The molecule has 5 nitrogen and oxygen atoms in total. The zero-order valence-corrected chi connectivity index (χ0v) is 17.7. The van der Waals surface area contributed by atoms with Crippen LogP contribution in [-0.2, 0) is 11.3 Å². The number of nitrogens with zero attached hydrogens (tertiary/aromatic N) is 2. The topological polar surface area (TPSA) is 52.7 Å². The lowest BCUT2D eigenvalue weighted by Crippen LogP contribution is -2.48. The monoisotopic (exact) mass is 405 g/mol. The summed E-state index contributed by atoms with van der Waals surface area (Å²) in [6.45, 7) is 6.07. The second-order valence-corrected chi connectivity index (χ2v) is 8.67. The van der Waals surface area contributed by atoms with Crippen LogP contribution >= 0.6 is 0 Å². The third kappa shape index (κ3) is 5.08. The number of nitrogens with one attached hydrogen (secondary N) is 1. The van der Waals surface area contributed by atoms with E-state index < -0.39 is 0 Å². The maximum atomic E-state index is 12.9. The first-order chi connectivity index (χ1) is 14.6. The molecule has 2 heterocycles. The van der Waals surface area contributed by atoms with E-state index in [0.717, 1.165) is 51.0 Å². The number of carbonyl (C=O) groups is 2. The number of likely N-dealkylation sites (tertiary alicyclic amines) is 2. The summed E-state index contributed by atoms with van der Waals surface area (Å²) in [6.07, 6.45) is 2.71. The van der Waals surface area contributed by atoms with Gasteiger partial charge in [0.1, 0.15) is 0 Å². The van der Waals surface area contributed by atoms with Crippen LogP contribution in [0, 0.1) is 12.8 Å². The molecule has 0 saturated carbocycles. The van der Waals surface area contributed by atoms with Gasteiger partial charge in [-0.25, -0.2) is 0 Å². The Balaban J connectivity index is 1.28. The Kier molecular flexibility index (Phi) is 6.48. The van der Waals surface area contributed by atoms with Gasteiger partial charge in [0.2, 0.25) is 5.91 Å². The van der Waals surface area contributed by atoms with Crippen LogP contribution in [0.25, 0.3) is 0 Å². The third-order valence-electron chi connectivity index (χ3n) is 6.25. The van der Waals surface area contributed by atoms with Crippen LogP contribution < -0.4 is 5.32 Å². The first-order valence-electron chi connectivity index (χ1n) is 11.0. The van der Waals surface area contributed by atoms with Gasteiger partial charge < -0.3 is 10.2 Å². The SMILES string of the molecule is Cc1ccc(C(=O)N2CCCC(C(=O)NC3CCN(Cc4ccccc4)C3)C2)cc1. The van der Waals surface area contributed by atoms with Crippen LogP contribution in [0.15, 0.2) is 54.6 Å². The number of rotatable bonds is 5. The summed E-state index contributed by atoms with van der Waals surface area (Å²) in [5.41, 5.74) is 3.15. The van der Waals surface area contributed by atoms with Crippen LogP contribution in [0.1, 0.15) is 40.7 Å². The molecule has 2 fully saturated rings. The molecule has 5 heteroatoms. The van der Waals surface area contributed by atoms with E-state index >= 15 is 0 Å². The molecule has 2 saturated heterocycles. The lowest BCUT2D eigenvalue weighted by molar-refractivity contribution is -0.127. The van der Waals surface area contributed by atoms with Crippen molar-refractivity contribution < 1.29 is 9.59 Å². The highest BCUT2D eigenvalue weighted by Crippen LogP contribution is 2.20. The highest BCUT2D eigenvalue weighted by Gasteiger charge is 2.31. The average Bonchev–Trinajstić information content (AvgIpc) is 3.21. The van der Waals surface area contributed by atoms with Crippen LogP contribution in [-0.4, -0.2) is 53.8 Å². The fraction of sp³-hybridized carbons (Fsp3) is 0.440. The zero-order chi connectivity index (χ0) is 20.9. The number of carbonyl (C=O) groups excluding carboxylic acids is 2. The maximum absolute atomic E-state index is 12.9. The van der Waals surface area contributed by atoms with Gasteiger partial charge in [0, 0.05) is 44.3 Å². The lowest BCUT2D eigenvalue weighted by Gasteiger charge is -2.32. The van der Waals surface area contributed by atoms with Gasteiger partial charge in [-0.05, 0) is 43.9 Å². The van der Waals surface area contributed by atoms with Crippen LogP contribution in [0.5, 0.6) is 0 Å². The van der Waals surface area contributed by atoms with Crippen molar-refractivity contribution in [3.63, 3.8) is 0 Å². The third-order valence-corrected chi connectivity index (χ3v) is 6.25. The minimum absolute atomic E-state index is 0.0300. The first kappa shape index (κ1) is 20.6. The fourth-order valence-corrected chi connectivity index (χ4v) is 4.51. The molecule has 2 atom stereocenters. The number of amides is 2. The fourth-order valence-electron chi connectivity index (χ4n) is 4.51.